The molecule has 0 unspecified atom stereocenters. The Morgan fingerprint density at radius 1 is 1.05 bits per heavy atom. The second-order valence-electron chi connectivity index (χ2n) is 5.22. The highest BCUT2D eigenvalue weighted by Gasteiger charge is 2.01. The third-order valence-electron chi connectivity index (χ3n) is 3.53. The number of hydrogen-bond acceptors (Lipinski definition) is 2. The average Bonchev–Trinajstić information content (AvgIpc) is 2.48. The van der Waals surface area contributed by atoms with E-state index < -0.39 is 0 Å². The largest absolute Gasteiger partial charge is 0.356 e. The van der Waals surface area contributed by atoms with Crippen LogP contribution >= 0.6 is 12.4 Å². The predicted octanol–water partition coefficient (Wildman–Crippen LogP) is 3.24. The zero-order chi connectivity index (χ0) is 14.6. The summed E-state index contributed by atoms with van der Waals surface area (Å²) in [5, 5.41) is 2.99. The second-order valence-corrected chi connectivity index (χ2v) is 5.22. The van der Waals surface area contributed by atoms with Gasteiger partial charge in [-0.15, -0.1) is 12.4 Å². The number of aryl methyl sites for hydroxylation is 1. The minimum atomic E-state index is 0. The van der Waals surface area contributed by atoms with Crippen molar-refractivity contribution in [2.45, 2.75) is 51.9 Å². The fourth-order valence-corrected chi connectivity index (χ4v) is 2.16. The lowest BCUT2D eigenvalue weighted by molar-refractivity contribution is -0.121. The van der Waals surface area contributed by atoms with E-state index in [-0.39, 0.29) is 18.3 Å². The number of carbonyl (C=O) groups is 1. The Balaban J connectivity index is 0.00000400. The van der Waals surface area contributed by atoms with Crippen LogP contribution in [-0.4, -0.2) is 19.0 Å². The van der Waals surface area contributed by atoms with Crippen LogP contribution in [0.3, 0.4) is 0 Å². The molecule has 0 aliphatic heterocycles. The van der Waals surface area contributed by atoms with Gasteiger partial charge in [0.1, 0.15) is 0 Å². The van der Waals surface area contributed by atoms with Crippen molar-refractivity contribution in [2.75, 3.05) is 13.1 Å². The number of amides is 1. The van der Waals surface area contributed by atoms with Gasteiger partial charge >= 0.3 is 0 Å². The molecule has 0 radical (unpaired) electrons. The third kappa shape index (κ3) is 9.48. The van der Waals surface area contributed by atoms with E-state index in [1.807, 2.05) is 0 Å². The number of rotatable bonds is 10. The zero-order valence-electron chi connectivity index (χ0n) is 13.1. The molecule has 1 amide bonds. The van der Waals surface area contributed by atoms with E-state index in [1.165, 1.54) is 11.1 Å². The van der Waals surface area contributed by atoms with Crippen molar-refractivity contribution in [2.24, 2.45) is 5.73 Å². The number of benzene rings is 1. The molecule has 1 rings (SSSR count). The SMILES string of the molecule is CCc1ccc(CCNC(=O)CCCCCCN)cc1.Cl. The van der Waals surface area contributed by atoms with E-state index in [2.05, 4.69) is 36.5 Å². The number of nitrogens with two attached hydrogens (primary N) is 1. The average molecular weight is 313 g/mol. The minimum absolute atomic E-state index is 0. The van der Waals surface area contributed by atoms with Crippen molar-refractivity contribution in [1.29, 1.82) is 0 Å². The van der Waals surface area contributed by atoms with Crippen LogP contribution in [0, 0.1) is 0 Å². The Kier molecular flexibility index (Phi) is 12.0. The van der Waals surface area contributed by atoms with Crippen molar-refractivity contribution in [1.82, 2.24) is 5.32 Å². The molecule has 3 nitrogen and oxygen atoms in total. The highest BCUT2D eigenvalue weighted by Crippen LogP contribution is 2.05. The number of nitrogens with one attached hydrogen (secondary N) is 1. The molecular formula is C17H29ClN2O. The number of halogens is 1. The smallest absolute Gasteiger partial charge is 0.220 e. The van der Waals surface area contributed by atoms with E-state index in [4.69, 9.17) is 5.73 Å². The molecule has 4 heteroatoms. The van der Waals surface area contributed by atoms with Crippen LogP contribution in [0.15, 0.2) is 24.3 Å². The van der Waals surface area contributed by atoms with Gasteiger partial charge in [-0.1, -0.05) is 44.0 Å². The topological polar surface area (TPSA) is 55.1 Å². The van der Waals surface area contributed by atoms with Crippen LogP contribution in [-0.2, 0) is 17.6 Å². The monoisotopic (exact) mass is 312 g/mol. The zero-order valence-corrected chi connectivity index (χ0v) is 13.9. The summed E-state index contributed by atoms with van der Waals surface area (Å²) >= 11 is 0. The molecule has 1 aromatic rings. The molecule has 0 aliphatic rings. The molecule has 0 aromatic heterocycles. The fraction of sp³-hybridized carbons (Fsp3) is 0.588. The normalized spacial score (nSPS) is 10.0. The minimum Gasteiger partial charge on any atom is -0.356 e. The van der Waals surface area contributed by atoms with Crippen molar-refractivity contribution in [3.05, 3.63) is 35.4 Å². The van der Waals surface area contributed by atoms with Gasteiger partial charge in [-0.3, -0.25) is 4.79 Å². The number of carbonyl (C=O) groups excluding carboxylic acids is 1. The van der Waals surface area contributed by atoms with Gasteiger partial charge in [0, 0.05) is 13.0 Å². The third-order valence-corrected chi connectivity index (χ3v) is 3.53. The fourth-order valence-electron chi connectivity index (χ4n) is 2.16. The summed E-state index contributed by atoms with van der Waals surface area (Å²) in [7, 11) is 0. The van der Waals surface area contributed by atoms with E-state index >= 15 is 0 Å². The molecule has 0 aliphatic carbocycles. The molecule has 1 aromatic carbocycles. The van der Waals surface area contributed by atoms with Gasteiger partial charge in [0.2, 0.25) is 5.91 Å². The van der Waals surface area contributed by atoms with E-state index in [1.54, 1.807) is 0 Å². The molecule has 0 saturated carbocycles. The van der Waals surface area contributed by atoms with Crippen molar-refractivity contribution < 1.29 is 4.79 Å². The Labute approximate surface area is 135 Å². The summed E-state index contributed by atoms with van der Waals surface area (Å²) in [5.41, 5.74) is 8.07. The van der Waals surface area contributed by atoms with Crippen LogP contribution in [0.5, 0.6) is 0 Å². The molecule has 0 heterocycles. The molecule has 120 valence electrons. The Morgan fingerprint density at radius 3 is 2.29 bits per heavy atom. The van der Waals surface area contributed by atoms with Gasteiger partial charge < -0.3 is 11.1 Å². The standard InChI is InChI=1S/C17H28N2O.ClH/c1-2-15-8-10-16(11-9-15)12-14-19-17(20)7-5-3-4-6-13-18;/h8-11H,2-7,12-14,18H2,1H3,(H,19,20);1H. The first-order chi connectivity index (χ1) is 9.76. The van der Waals surface area contributed by atoms with Gasteiger partial charge in [0.25, 0.3) is 0 Å². The highest BCUT2D eigenvalue weighted by molar-refractivity contribution is 5.85. The number of hydrogen-bond donors (Lipinski definition) is 2. The lowest BCUT2D eigenvalue weighted by atomic mass is 10.1. The quantitative estimate of drug-likeness (QED) is 0.652. The Bertz CT molecular complexity index is 379. The van der Waals surface area contributed by atoms with E-state index in [9.17, 15) is 4.79 Å². The van der Waals surface area contributed by atoms with Gasteiger partial charge in [0.15, 0.2) is 0 Å². The van der Waals surface area contributed by atoms with Crippen LogP contribution in [0.25, 0.3) is 0 Å². The van der Waals surface area contributed by atoms with E-state index in [0.29, 0.717) is 6.42 Å². The summed E-state index contributed by atoms with van der Waals surface area (Å²) in [4.78, 5) is 11.6. The highest BCUT2D eigenvalue weighted by atomic mass is 35.5. The molecule has 0 fully saturated rings. The lowest BCUT2D eigenvalue weighted by Crippen LogP contribution is -2.25. The van der Waals surface area contributed by atoms with Crippen LogP contribution < -0.4 is 11.1 Å². The first-order valence-corrected chi connectivity index (χ1v) is 7.81. The Morgan fingerprint density at radius 2 is 1.67 bits per heavy atom. The first-order valence-electron chi connectivity index (χ1n) is 7.81. The lowest BCUT2D eigenvalue weighted by Gasteiger charge is -2.06. The van der Waals surface area contributed by atoms with Crippen LogP contribution in [0.4, 0.5) is 0 Å². The summed E-state index contributed by atoms with van der Waals surface area (Å²) in [6.07, 6.45) is 6.88. The molecule has 0 atom stereocenters. The molecular weight excluding hydrogens is 284 g/mol. The van der Waals surface area contributed by atoms with Gasteiger partial charge in [-0.25, -0.2) is 0 Å². The number of unbranched alkanes of at least 4 members (excludes halogenated alkanes) is 3. The maximum atomic E-state index is 11.6. The molecule has 0 spiro atoms. The maximum Gasteiger partial charge on any atom is 0.220 e. The summed E-state index contributed by atoms with van der Waals surface area (Å²) in [6.45, 7) is 3.64. The molecule has 3 N–H and O–H groups in total. The summed E-state index contributed by atoms with van der Waals surface area (Å²) in [6, 6.07) is 8.62. The van der Waals surface area contributed by atoms with Crippen molar-refractivity contribution in [3.63, 3.8) is 0 Å². The Hall–Kier alpha value is -1.06. The molecule has 0 saturated heterocycles. The summed E-state index contributed by atoms with van der Waals surface area (Å²) in [5.74, 6) is 0.169. The van der Waals surface area contributed by atoms with Crippen molar-refractivity contribution >= 4 is 18.3 Å². The maximum absolute atomic E-state index is 11.6. The van der Waals surface area contributed by atoms with Gasteiger partial charge in [0.05, 0.1) is 0 Å². The molecule has 0 bridgehead atoms. The van der Waals surface area contributed by atoms with Crippen LogP contribution in [0.2, 0.25) is 0 Å². The summed E-state index contributed by atoms with van der Waals surface area (Å²) < 4.78 is 0. The van der Waals surface area contributed by atoms with Gasteiger partial charge in [-0.05, 0) is 43.4 Å². The predicted molar refractivity (Wildman–Crippen MR) is 91.9 cm³/mol. The van der Waals surface area contributed by atoms with Crippen molar-refractivity contribution in [3.8, 4) is 0 Å². The van der Waals surface area contributed by atoms with Gasteiger partial charge in [-0.2, -0.15) is 0 Å². The first kappa shape index (κ1) is 19.9. The van der Waals surface area contributed by atoms with Crippen LogP contribution in [0.1, 0.15) is 50.2 Å². The second kappa shape index (κ2) is 12.7. The molecule has 21 heavy (non-hydrogen) atoms. The van der Waals surface area contributed by atoms with E-state index in [0.717, 1.165) is 51.6 Å².